The molecular formula is C21H32IN5O4. The third-order valence-electron chi connectivity index (χ3n) is 4.85. The predicted molar refractivity (Wildman–Crippen MR) is 128 cm³/mol. The largest absolute Gasteiger partial charge is 0.444 e. The third-order valence-corrected chi connectivity index (χ3v) is 5.49. The molecule has 31 heavy (non-hydrogen) atoms. The van der Waals surface area contributed by atoms with Gasteiger partial charge in [0.05, 0.1) is 4.55 Å². The summed E-state index contributed by atoms with van der Waals surface area (Å²) in [6, 6.07) is 3.27. The zero-order valence-corrected chi connectivity index (χ0v) is 20.6. The van der Waals surface area contributed by atoms with E-state index in [1.165, 1.54) is 10.7 Å². The van der Waals surface area contributed by atoms with Gasteiger partial charge in [-0.2, -0.15) is 5.10 Å². The zero-order chi connectivity index (χ0) is 23.0. The number of carbonyl (C=O) groups is 2. The summed E-state index contributed by atoms with van der Waals surface area (Å²) in [5.41, 5.74) is -0.684. The van der Waals surface area contributed by atoms with Gasteiger partial charge in [-0.05, 0) is 39.7 Å². The van der Waals surface area contributed by atoms with Crippen LogP contribution in [0.25, 0.3) is 0 Å². The van der Waals surface area contributed by atoms with E-state index in [-0.39, 0.29) is 17.4 Å². The van der Waals surface area contributed by atoms with Crippen molar-refractivity contribution < 1.29 is 14.3 Å². The highest BCUT2D eigenvalue weighted by Crippen LogP contribution is 2.23. The van der Waals surface area contributed by atoms with Crippen LogP contribution in [0.1, 0.15) is 33.6 Å². The van der Waals surface area contributed by atoms with Crippen molar-refractivity contribution in [1.29, 1.82) is 0 Å². The van der Waals surface area contributed by atoms with E-state index in [1.807, 2.05) is 0 Å². The van der Waals surface area contributed by atoms with E-state index in [4.69, 9.17) is 4.74 Å². The summed E-state index contributed by atoms with van der Waals surface area (Å²) in [4.78, 5) is 40.4. The van der Waals surface area contributed by atoms with Crippen LogP contribution >= 0.6 is 22.6 Å². The number of alkyl halides is 1. The normalized spacial score (nSPS) is 14.8. The summed E-state index contributed by atoms with van der Waals surface area (Å²) in [5, 5.41) is 7.09. The molecule has 2 rings (SSSR count). The molecule has 1 fully saturated rings. The SMILES string of the molecule is C=CCN(CCNC(=O)OC(C)(C)C)C(=O)C1CCN(c2ccc(=O)n(CI)n2)CC1. The van der Waals surface area contributed by atoms with Crippen LogP contribution in [0.5, 0.6) is 0 Å². The van der Waals surface area contributed by atoms with E-state index in [2.05, 4.69) is 44.5 Å². The van der Waals surface area contributed by atoms with Crippen molar-refractivity contribution in [2.75, 3.05) is 37.6 Å². The molecular weight excluding hydrogens is 513 g/mol. The van der Waals surface area contributed by atoms with Crippen molar-refractivity contribution in [2.24, 2.45) is 5.92 Å². The van der Waals surface area contributed by atoms with Crippen molar-refractivity contribution in [3.63, 3.8) is 0 Å². The maximum atomic E-state index is 13.0. The number of hydrogen-bond acceptors (Lipinski definition) is 6. The Morgan fingerprint density at radius 2 is 2.03 bits per heavy atom. The van der Waals surface area contributed by atoms with Crippen LogP contribution in [0.3, 0.4) is 0 Å². The maximum Gasteiger partial charge on any atom is 0.407 e. The molecule has 1 N–H and O–H groups in total. The lowest BCUT2D eigenvalue weighted by Gasteiger charge is -2.34. The molecule has 9 nitrogen and oxygen atoms in total. The maximum absolute atomic E-state index is 13.0. The fourth-order valence-corrected chi connectivity index (χ4v) is 3.85. The Balaban J connectivity index is 1.88. The van der Waals surface area contributed by atoms with Crippen LogP contribution in [0, 0.1) is 5.92 Å². The minimum Gasteiger partial charge on any atom is -0.444 e. The number of nitrogens with zero attached hydrogens (tertiary/aromatic N) is 4. The molecule has 172 valence electrons. The van der Waals surface area contributed by atoms with Crippen molar-refractivity contribution in [2.45, 2.75) is 43.8 Å². The van der Waals surface area contributed by atoms with Gasteiger partial charge in [-0.3, -0.25) is 9.59 Å². The Kier molecular flexibility index (Phi) is 9.32. The van der Waals surface area contributed by atoms with Crippen LogP contribution in [0.15, 0.2) is 29.6 Å². The number of ether oxygens (including phenoxy) is 1. The highest BCUT2D eigenvalue weighted by molar-refractivity contribution is 14.1. The monoisotopic (exact) mass is 545 g/mol. The molecule has 1 aliphatic rings. The summed E-state index contributed by atoms with van der Waals surface area (Å²) < 4.78 is 7.15. The molecule has 1 aromatic heterocycles. The van der Waals surface area contributed by atoms with Gasteiger partial charge < -0.3 is 19.9 Å². The lowest BCUT2D eigenvalue weighted by molar-refractivity contribution is -0.135. The average molecular weight is 545 g/mol. The topological polar surface area (TPSA) is 96.8 Å². The first kappa shape index (κ1) is 25.2. The van der Waals surface area contributed by atoms with Crippen LogP contribution in [0.2, 0.25) is 0 Å². The van der Waals surface area contributed by atoms with Gasteiger partial charge in [-0.25, -0.2) is 9.48 Å². The standard InChI is InChI=1S/C21H32IN5O4/c1-5-11-26(14-10-23-20(30)31-21(2,3)4)19(29)16-8-12-25(13-9-16)17-6-7-18(28)27(15-22)24-17/h5-7,16H,1,8-15H2,2-4H3,(H,23,30). The summed E-state index contributed by atoms with van der Waals surface area (Å²) in [7, 11) is 0. The van der Waals surface area contributed by atoms with Crippen molar-refractivity contribution >= 4 is 40.4 Å². The van der Waals surface area contributed by atoms with Gasteiger partial charge >= 0.3 is 6.09 Å². The number of rotatable bonds is 8. The molecule has 0 radical (unpaired) electrons. The van der Waals surface area contributed by atoms with E-state index < -0.39 is 11.7 Å². The average Bonchev–Trinajstić information content (AvgIpc) is 2.72. The van der Waals surface area contributed by atoms with Crippen LogP contribution in [0.4, 0.5) is 10.6 Å². The number of carbonyl (C=O) groups excluding carboxylic acids is 2. The molecule has 0 aromatic carbocycles. The van der Waals surface area contributed by atoms with E-state index in [1.54, 1.807) is 37.8 Å². The molecule has 0 spiro atoms. The zero-order valence-electron chi connectivity index (χ0n) is 18.5. The lowest BCUT2D eigenvalue weighted by atomic mass is 9.95. The fourth-order valence-electron chi connectivity index (χ4n) is 3.36. The Bertz CT molecular complexity index is 828. The first-order chi connectivity index (χ1) is 14.6. The summed E-state index contributed by atoms with van der Waals surface area (Å²) in [6.45, 7) is 11.7. The highest BCUT2D eigenvalue weighted by atomic mass is 127. The van der Waals surface area contributed by atoms with E-state index >= 15 is 0 Å². The number of hydrogen-bond donors (Lipinski definition) is 1. The number of anilines is 1. The number of piperidine rings is 1. The lowest BCUT2D eigenvalue weighted by Crippen LogP contribution is -2.45. The van der Waals surface area contributed by atoms with E-state index in [9.17, 15) is 14.4 Å². The number of aromatic nitrogens is 2. The van der Waals surface area contributed by atoms with Gasteiger partial charge in [0, 0.05) is 44.7 Å². The fraction of sp³-hybridized carbons (Fsp3) is 0.619. The molecule has 0 unspecified atom stereocenters. The second-order valence-electron chi connectivity index (χ2n) is 8.41. The number of alkyl carbamates (subject to hydrolysis) is 1. The molecule has 1 saturated heterocycles. The van der Waals surface area contributed by atoms with E-state index in [0.717, 1.165) is 5.82 Å². The van der Waals surface area contributed by atoms with Gasteiger partial charge in [0.25, 0.3) is 5.56 Å². The molecule has 0 atom stereocenters. The van der Waals surface area contributed by atoms with Crippen LogP contribution < -0.4 is 15.8 Å². The number of nitrogens with one attached hydrogen (secondary N) is 1. The Morgan fingerprint density at radius 1 is 1.35 bits per heavy atom. The minimum atomic E-state index is -0.562. The molecule has 0 aliphatic carbocycles. The molecule has 0 saturated carbocycles. The predicted octanol–water partition coefficient (Wildman–Crippen LogP) is 2.39. The van der Waals surface area contributed by atoms with E-state index in [0.29, 0.717) is 50.1 Å². The van der Waals surface area contributed by atoms with Crippen molar-refractivity contribution in [3.8, 4) is 0 Å². The number of amides is 2. The summed E-state index contributed by atoms with van der Waals surface area (Å²) >= 11 is 2.10. The Hall–Kier alpha value is -2.11. The summed E-state index contributed by atoms with van der Waals surface area (Å²) in [5.74, 6) is 0.732. The van der Waals surface area contributed by atoms with Crippen LogP contribution in [-0.2, 0) is 14.1 Å². The van der Waals surface area contributed by atoms with Gasteiger partial charge in [0.15, 0.2) is 0 Å². The highest BCUT2D eigenvalue weighted by Gasteiger charge is 2.29. The molecule has 10 heteroatoms. The van der Waals surface area contributed by atoms with Gasteiger partial charge in [-0.1, -0.05) is 28.7 Å². The first-order valence-electron chi connectivity index (χ1n) is 10.4. The minimum absolute atomic E-state index is 0.0655. The van der Waals surface area contributed by atoms with Gasteiger partial charge in [-0.15, -0.1) is 6.58 Å². The molecule has 1 aliphatic heterocycles. The smallest absolute Gasteiger partial charge is 0.407 e. The van der Waals surface area contributed by atoms with Gasteiger partial charge in [0.2, 0.25) is 5.91 Å². The summed E-state index contributed by atoms with van der Waals surface area (Å²) in [6.07, 6.45) is 2.61. The van der Waals surface area contributed by atoms with Crippen molar-refractivity contribution in [1.82, 2.24) is 20.0 Å². The number of halogens is 1. The quantitative estimate of drug-likeness (QED) is 0.306. The van der Waals surface area contributed by atoms with Gasteiger partial charge in [0.1, 0.15) is 11.4 Å². The second kappa shape index (κ2) is 11.5. The molecule has 2 amide bonds. The Labute approximate surface area is 196 Å². The molecule has 1 aromatic rings. The first-order valence-corrected chi connectivity index (χ1v) is 11.9. The Morgan fingerprint density at radius 3 is 2.61 bits per heavy atom. The molecule has 2 heterocycles. The molecule has 0 bridgehead atoms. The third kappa shape index (κ3) is 7.82. The van der Waals surface area contributed by atoms with Crippen molar-refractivity contribution in [3.05, 3.63) is 35.1 Å². The van der Waals surface area contributed by atoms with Crippen LogP contribution in [-0.4, -0.2) is 65.0 Å². The second-order valence-corrected chi connectivity index (χ2v) is 9.09.